The van der Waals surface area contributed by atoms with Gasteiger partial charge in [0.2, 0.25) is 5.91 Å². The van der Waals surface area contributed by atoms with Crippen molar-refractivity contribution in [2.75, 3.05) is 0 Å². The Balaban J connectivity index is 1.55. The number of amides is 1. The third-order valence-electron chi connectivity index (χ3n) is 7.08. The van der Waals surface area contributed by atoms with Gasteiger partial charge in [-0.25, -0.2) is 14.4 Å². The Morgan fingerprint density at radius 2 is 1.02 bits per heavy atom. The van der Waals surface area contributed by atoms with E-state index < -0.39 is 60.3 Å². The van der Waals surface area contributed by atoms with Crippen molar-refractivity contribution in [1.29, 1.82) is 0 Å². The van der Waals surface area contributed by atoms with Gasteiger partial charge in [0.25, 0.3) is 0 Å². The number of nitrogens with one attached hydrogen (secondary N) is 1. The summed E-state index contributed by atoms with van der Waals surface area (Å²) in [6.07, 6.45) is -6.99. The van der Waals surface area contributed by atoms with Crippen LogP contribution in [0.5, 0.6) is 0 Å². The number of benzene rings is 3. The first-order valence-electron chi connectivity index (χ1n) is 13.5. The lowest BCUT2D eigenvalue weighted by Gasteiger charge is -2.40. The number of rotatable bonds is 8. The Bertz CT molecular complexity index is 1430. The largest absolute Gasteiger partial charge is 0.452 e. The summed E-state index contributed by atoms with van der Waals surface area (Å²) in [6.45, 7) is 4.83. The second-order valence-corrected chi connectivity index (χ2v) is 10.6. The molecule has 1 N–H and O–H groups in total. The van der Waals surface area contributed by atoms with Crippen LogP contribution in [0.2, 0.25) is 0 Å². The highest BCUT2D eigenvalue weighted by atomic mass is 16.8. The molecule has 5 rings (SSSR count). The van der Waals surface area contributed by atoms with Gasteiger partial charge in [0.1, 0.15) is 12.2 Å². The fraction of sp³-hybridized carbons (Fsp3) is 0.312. The molecule has 3 aromatic carbocycles. The van der Waals surface area contributed by atoms with Crippen LogP contribution in [-0.4, -0.2) is 66.2 Å². The lowest BCUT2D eigenvalue weighted by atomic mass is 9.87. The average Bonchev–Trinajstić information content (AvgIpc) is 3.40. The number of fused-ring (bicyclic) bond motifs is 2. The Labute approximate surface area is 242 Å². The zero-order valence-corrected chi connectivity index (χ0v) is 23.3. The van der Waals surface area contributed by atoms with Crippen LogP contribution < -0.4 is 5.32 Å². The van der Waals surface area contributed by atoms with Crippen molar-refractivity contribution in [2.24, 2.45) is 0 Å². The second kappa shape index (κ2) is 12.1. The number of hydrogen-bond acceptors (Lipinski definition) is 9. The molecule has 2 fully saturated rings. The number of esters is 3. The molecule has 10 nitrogen and oxygen atoms in total. The van der Waals surface area contributed by atoms with Gasteiger partial charge in [-0.2, -0.15) is 0 Å². The molecule has 0 saturated carbocycles. The predicted octanol–water partition coefficient (Wildman–Crippen LogP) is 3.70. The molecule has 2 bridgehead atoms. The SMILES string of the molecule is CC(=O)NC(C)(C)[C@@H]1O[C@@H]2O[C@H]1[C@@H](OC(=O)c1ccccc1)[C@H](OC(=O)c1ccccc1)[C@H]2OC(=O)c1ccccc1. The van der Waals surface area contributed by atoms with E-state index in [4.69, 9.17) is 23.7 Å². The van der Waals surface area contributed by atoms with Crippen LogP contribution in [0.15, 0.2) is 91.0 Å². The fourth-order valence-corrected chi connectivity index (χ4v) is 5.21. The van der Waals surface area contributed by atoms with Gasteiger partial charge in [0, 0.05) is 6.92 Å². The van der Waals surface area contributed by atoms with Gasteiger partial charge >= 0.3 is 17.9 Å². The van der Waals surface area contributed by atoms with E-state index in [2.05, 4.69) is 5.32 Å². The van der Waals surface area contributed by atoms with E-state index in [1.807, 2.05) is 0 Å². The molecule has 2 heterocycles. The van der Waals surface area contributed by atoms with E-state index in [-0.39, 0.29) is 22.6 Å². The minimum atomic E-state index is -1.33. The monoisotopic (exact) mass is 573 g/mol. The minimum Gasteiger partial charge on any atom is -0.452 e. The topological polar surface area (TPSA) is 126 Å². The first-order chi connectivity index (χ1) is 20.1. The number of carbonyl (C=O) groups excluding carboxylic acids is 4. The molecule has 2 saturated heterocycles. The number of ether oxygens (including phenoxy) is 5. The molecule has 10 heteroatoms. The summed E-state index contributed by atoms with van der Waals surface area (Å²) in [7, 11) is 0. The molecule has 2 aliphatic rings. The van der Waals surface area contributed by atoms with Gasteiger partial charge in [0.15, 0.2) is 24.6 Å². The van der Waals surface area contributed by atoms with E-state index >= 15 is 0 Å². The maximum Gasteiger partial charge on any atom is 0.338 e. The van der Waals surface area contributed by atoms with Crippen molar-refractivity contribution >= 4 is 23.8 Å². The van der Waals surface area contributed by atoms with Crippen molar-refractivity contribution in [2.45, 2.75) is 63.1 Å². The van der Waals surface area contributed by atoms with Crippen molar-refractivity contribution in [3.05, 3.63) is 108 Å². The Kier molecular flexibility index (Phi) is 8.37. The summed E-state index contributed by atoms with van der Waals surface area (Å²) in [5.74, 6) is -2.47. The third-order valence-corrected chi connectivity index (χ3v) is 7.08. The van der Waals surface area contributed by atoms with Crippen LogP contribution >= 0.6 is 0 Å². The first kappa shape index (κ1) is 29.0. The van der Waals surface area contributed by atoms with Crippen LogP contribution in [0.25, 0.3) is 0 Å². The van der Waals surface area contributed by atoms with Crippen molar-refractivity contribution in [3.8, 4) is 0 Å². The zero-order valence-electron chi connectivity index (χ0n) is 23.3. The van der Waals surface area contributed by atoms with Crippen LogP contribution in [0, 0.1) is 0 Å². The Morgan fingerprint density at radius 1 is 0.619 bits per heavy atom. The molecule has 218 valence electrons. The summed E-state index contributed by atoms with van der Waals surface area (Å²) in [6, 6.07) is 24.8. The van der Waals surface area contributed by atoms with E-state index in [9.17, 15) is 19.2 Å². The van der Waals surface area contributed by atoms with Crippen molar-refractivity contribution < 1.29 is 42.9 Å². The highest BCUT2D eigenvalue weighted by Crippen LogP contribution is 2.41. The van der Waals surface area contributed by atoms with E-state index in [0.29, 0.717) is 0 Å². The summed E-state index contributed by atoms with van der Waals surface area (Å²) in [5, 5.41) is 2.84. The highest BCUT2D eigenvalue weighted by Gasteiger charge is 2.63. The normalized spacial score (nSPS) is 24.7. The fourth-order valence-electron chi connectivity index (χ4n) is 5.21. The Morgan fingerprint density at radius 3 is 1.45 bits per heavy atom. The maximum atomic E-state index is 13.3. The molecule has 0 spiro atoms. The summed E-state index contributed by atoms with van der Waals surface area (Å²) >= 11 is 0. The average molecular weight is 574 g/mol. The lowest BCUT2D eigenvalue weighted by molar-refractivity contribution is -0.228. The van der Waals surface area contributed by atoms with E-state index in [1.165, 1.54) is 6.92 Å². The highest BCUT2D eigenvalue weighted by molar-refractivity contribution is 5.91. The van der Waals surface area contributed by atoms with Crippen molar-refractivity contribution in [1.82, 2.24) is 5.32 Å². The minimum absolute atomic E-state index is 0.244. The molecule has 42 heavy (non-hydrogen) atoms. The molecule has 0 aromatic heterocycles. The molecule has 3 aromatic rings. The quantitative estimate of drug-likeness (QED) is 0.317. The predicted molar refractivity (Wildman–Crippen MR) is 148 cm³/mol. The lowest BCUT2D eigenvalue weighted by Crippen LogP contribution is -2.62. The molecular weight excluding hydrogens is 542 g/mol. The molecule has 6 atom stereocenters. The van der Waals surface area contributed by atoms with Gasteiger partial charge < -0.3 is 29.0 Å². The summed E-state index contributed by atoms with van der Waals surface area (Å²) in [5.41, 5.74) is -0.274. The van der Waals surface area contributed by atoms with Gasteiger partial charge in [-0.05, 0) is 50.2 Å². The summed E-state index contributed by atoms with van der Waals surface area (Å²) < 4.78 is 30.2. The van der Waals surface area contributed by atoms with Gasteiger partial charge in [-0.1, -0.05) is 54.6 Å². The van der Waals surface area contributed by atoms with Gasteiger partial charge in [-0.3, -0.25) is 4.79 Å². The first-order valence-corrected chi connectivity index (χ1v) is 13.5. The summed E-state index contributed by atoms with van der Waals surface area (Å²) in [4.78, 5) is 51.9. The molecular formula is C32H31NO9. The third kappa shape index (κ3) is 6.19. The van der Waals surface area contributed by atoms with Gasteiger partial charge in [-0.15, -0.1) is 0 Å². The molecule has 0 unspecified atom stereocenters. The smallest absolute Gasteiger partial charge is 0.338 e. The second-order valence-electron chi connectivity index (χ2n) is 10.6. The Hall–Kier alpha value is -4.54. The number of carbonyl (C=O) groups is 4. The van der Waals surface area contributed by atoms with Crippen LogP contribution in [0.3, 0.4) is 0 Å². The molecule has 2 aliphatic heterocycles. The zero-order chi connectivity index (χ0) is 29.9. The standard InChI is InChI=1S/C32H31NO9/c1-19(34)33-32(2,3)27-25-23(38-28(35)20-13-7-4-8-14-20)24(39-29(36)21-15-9-5-10-16-21)26(31(41-25)42-27)40-30(37)22-17-11-6-12-18-22/h4-18,23-27,31H,1-3H3,(H,33,34)/t23-,24-,25-,26+,27+,31-/m0/s1. The maximum absolute atomic E-state index is 13.3. The molecule has 0 radical (unpaired) electrons. The van der Waals surface area contributed by atoms with E-state index in [0.717, 1.165) is 0 Å². The van der Waals surface area contributed by atoms with Crippen molar-refractivity contribution in [3.63, 3.8) is 0 Å². The molecule has 0 aliphatic carbocycles. The van der Waals surface area contributed by atoms with Crippen LogP contribution in [-0.2, 0) is 28.5 Å². The van der Waals surface area contributed by atoms with Crippen LogP contribution in [0.1, 0.15) is 51.8 Å². The van der Waals surface area contributed by atoms with Gasteiger partial charge in [0.05, 0.1) is 22.2 Å². The van der Waals surface area contributed by atoms with Crippen LogP contribution in [0.4, 0.5) is 0 Å². The molecule has 1 amide bonds. The number of hydrogen-bond donors (Lipinski definition) is 1. The van der Waals surface area contributed by atoms with E-state index in [1.54, 1.807) is 105 Å².